The average Bonchev–Trinajstić information content (AvgIpc) is 3.08. The van der Waals surface area contributed by atoms with Crippen molar-refractivity contribution in [1.82, 2.24) is 15.1 Å². The second kappa shape index (κ2) is 14.7. The maximum absolute atomic E-state index is 14.1. The number of anilines is 1. The first-order valence-corrected chi connectivity index (χ1v) is 16.4. The maximum Gasteiger partial charge on any atom is 0.321 e. The zero-order valence-corrected chi connectivity index (χ0v) is 27.9. The fraction of sp³-hybridized carbons (Fsp3) is 0.432. The molecule has 46 heavy (non-hydrogen) atoms. The lowest BCUT2D eigenvalue weighted by molar-refractivity contribution is -0.149. The third-order valence-electron chi connectivity index (χ3n) is 9.93. The largest absolute Gasteiger partial charge is 0.465 e. The van der Waals surface area contributed by atoms with Crippen LogP contribution < -0.4 is 10.2 Å². The van der Waals surface area contributed by atoms with Gasteiger partial charge in [-0.1, -0.05) is 66.7 Å². The van der Waals surface area contributed by atoms with E-state index in [9.17, 15) is 14.4 Å². The highest BCUT2D eigenvalue weighted by Gasteiger charge is 2.50. The van der Waals surface area contributed by atoms with E-state index in [-0.39, 0.29) is 43.2 Å². The Morgan fingerprint density at radius 1 is 0.826 bits per heavy atom. The summed E-state index contributed by atoms with van der Waals surface area (Å²) in [6, 6.07) is 25.6. The van der Waals surface area contributed by atoms with E-state index in [1.807, 2.05) is 90.7 Å². The van der Waals surface area contributed by atoms with E-state index in [2.05, 4.69) is 22.2 Å². The highest BCUT2D eigenvalue weighted by Crippen LogP contribution is 2.48. The molecule has 0 radical (unpaired) electrons. The normalized spacial score (nSPS) is 21.9. The number of carbonyl (C=O) groups excluding carboxylic acids is 3. The summed E-state index contributed by atoms with van der Waals surface area (Å²) in [5, 5.41) is 3.27. The Balaban J connectivity index is 0.00000417. The first kappa shape index (κ1) is 33.5. The van der Waals surface area contributed by atoms with Gasteiger partial charge in [-0.2, -0.15) is 13.5 Å². The summed E-state index contributed by atoms with van der Waals surface area (Å²) >= 11 is 0. The van der Waals surface area contributed by atoms with Gasteiger partial charge in [-0.05, 0) is 68.5 Å². The third kappa shape index (κ3) is 6.53. The number of piperazine rings is 1. The summed E-state index contributed by atoms with van der Waals surface area (Å²) in [6.45, 7) is 7.05. The van der Waals surface area contributed by atoms with Gasteiger partial charge in [0.1, 0.15) is 5.41 Å². The predicted octanol–water partition coefficient (Wildman–Crippen LogP) is 4.70. The molecule has 0 bridgehead atoms. The number of para-hydroxylation sites is 1. The molecule has 0 unspecified atom stereocenters. The van der Waals surface area contributed by atoms with Crippen LogP contribution in [0.5, 0.6) is 0 Å². The van der Waals surface area contributed by atoms with Crippen molar-refractivity contribution in [2.45, 2.75) is 50.0 Å². The van der Waals surface area contributed by atoms with Gasteiger partial charge in [0.25, 0.3) is 5.91 Å². The number of carbonyl (C=O) groups is 3. The topological polar surface area (TPSA) is 82.2 Å². The van der Waals surface area contributed by atoms with Crippen molar-refractivity contribution in [1.29, 1.82) is 0 Å². The molecule has 2 heterocycles. The Morgan fingerprint density at radius 2 is 1.48 bits per heavy atom. The summed E-state index contributed by atoms with van der Waals surface area (Å²) in [6.07, 6.45) is 2.48. The van der Waals surface area contributed by atoms with Gasteiger partial charge in [0, 0.05) is 51.0 Å². The Hall–Kier alpha value is -3.82. The van der Waals surface area contributed by atoms with Gasteiger partial charge in [0.05, 0.1) is 18.1 Å². The van der Waals surface area contributed by atoms with Crippen molar-refractivity contribution in [3.63, 3.8) is 0 Å². The van der Waals surface area contributed by atoms with Gasteiger partial charge in [0.15, 0.2) is 0 Å². The minimum absolute atomic E-state index is 0. The van der Waals surface area contributed by atoms with Crippen molar-refractivity contribution >= 4 is 37.0 Å². The summed E-state index contributed by atoms with van der Waals surface area (Å²) in [5.41, 5.74) is 3.42. The molecular weight excluding hydrogens is 596 g/mol. The van der Waals surface area contributed by atoms with Crippen LogP contribution in [0.3, 0.4) is 0 Å². The van der Waals surface area contributed by atoms with Crippen molar-refractivity contribution in [3.05, 3.63) is 101 Å². The molecule has 2 saturated heterocycles. The molecule has 0 saturated carbocycles. The van der Waals surface area contributed by atoms with Gasteiger partial charge < -0.3 is 24.8 Å². The Labute approximate surface area is 279 Å². The molecule has 1 N–H and O–H groups in total. The molecule has 1 aliphatic carbocycles. The number of rotatable bonds is 7. The molecule has 0 spiro atoms. The standard InChI is InChI=1S/C37H44N4O4.H2S/c1-3-45-36(44)37(27-11-5-4-6-12-27)20-17-30(29-13-7-9-15-32(29)37)35(43)41-21-18-28(19-22-41)38-34(42)31-14-8-10-16-33(31)40-25-23-39(2)24-26-40;/h4-16,28,30H,3,17-26H2,1-2H3,(H,38,42);1H2/t30-,37+;/m1./s1. The molecule has 2 amide bonds. The van der Waals surface area contributed by atoms with Gasteiger partial charge in [-0.3, -0.25) is 14.4 Å². The number of piperidine rings is 1. The van der Waals surface area contributed by atoms with Crippen molar-refractivity contribution < 1.29 is 19.1 Å². The van der Waals surface area contributed by atoms with E-state index in [1.165, 1.54) is 0 Å². The molecule has 2 atom stereocenters. The molecular formula is C37H46N4O4S. The van der Waals surface area contributed by atoms with Gasteiger partial charge in [-0.15, -0.1) is 0 Å². The first-order valence-electron chi connectivity index (χ1n) is 16.4. The number of fused-ring (bicyclic) bond motifs is 1. The number of amides is 2. The number of esters is 1. The van der Waals surface area contributed by atoms with Crippen molar-refractivity contribution in [2.75, 3.05) is 57.8 Å². The van der Waals surface area contributed by atoms with Crippen molar-refractivity contribution in [2.24, 2.45) is 0 Å². The zero-order chi connectivity index (χ0) is 31.4. The lowest BCUT2D eigenvalue weighted by atomic mass is 9.63. The van der Waals surface area contributed by atoms with E-state index >= 15 is 0 Å². The van der Waals surface area contributed by atoms with Gasteiger partial charge in [0.2, 0.25) is 5.91 Å². The summed E-state index contributed by atoms with van der Waals surface area (Å²) in [7, 11) is 2.13. The quantitative estimate of drug-likeness (QED) is 0.377. The number of nitrogens with one attached hydrogen (secondary N) is 1. The van der Waals surface area contributed by atoms with Gasteiger partial charge >= 0.3 is 5.97 Å². The van der Waals surface area contributed by atoms with Crippen molar-refractivity contribution in [3.8, 4) is 0 Å². The number of hydrogen-bond acceptors (Lipinski definition) is 6. The monoisotopic (exact) mass is 642 g/mol. The molecule has 0 aromatic heterocycles. The minimum atomic E-state index is -0.942. The highest BCUT2D eigenvalue weighted by atomic mass is 32.1. The fourth-order valence-corrected chi connectivity index (χ4v) is 7.42. The van der Waals surface area contributed by atoms with E-state index in [1.54, 1.807) is 0 Å². The number of ether oxygens (including phenoxy) is 1. The second-order valence-electron chi connectivity index (χ2n) is 12.6. The number of likely N-dealkylation sites (N-methyl/N-ethyl adjacent to an activating group) is 1. The minimum Gasteiger partial charge on any atom is -0.465 e. The smallest absolute Gasteiger partial charge is 0.321 e. The molecule has 3 aromatic rings. The Bertz CT molecular complexity index is 1520. The SMILES string of the molecule is CCOC(=O)[C@]1(c2ccccc2)CC[C@@H](C(=O)N2CCC(NC(=O)c3ccccc3N3CCN(C)CC3)CC2)c2ccccc21.S. The van der Waals surface area contributed by atoms with Crippen LogP contribution in [0.2, 0.25) is 0 Å². The predicted molar refractivity (Wildman–Crippen MR) is 186 cm³/mol. The molecule has 3 aliphatic rings. The molecule has 8 nitrogen and oxygen atoms in total. The molecule has 2 fully saturated rings. The van der Waals surface area contributed by atoms with Crippen LogP contribution in [0.4, 0.5) is 5.69 Å². The zero-order valence-electron chi connectivity index (χ0n) is 26.9. The summed E-state index contributed by atoms with van der Waals surface area (Å²) < 4.78 is 5.66. The molecule has 3 aromatic carbocycles. The molecule has 9 heteroatoms. The Morgan fingerprint density at radius 3 is 2.20 bits per heavy atom. The third-order valence-corrected chi connectivity index (χ3v) is 9.93. The van der Waals surface area contributed by atoms with Crippen LogP contribution in [0, 0.1) is 0 Å². The van der Waals surface area contributed by atoms with Crippen LogP contribution in [-0.4, -0.2) is 86.5 Å². The second-order valence-corrected chi connectivity index (χ2v) is 12.6. The number of benzene rings is 3. The lowest BCUT2D eigenvalue weighted by Crippen LogP contribution is -2.49. The lowest BCUT2D eigenvalue weighted by Gasteiger charge is -2.42. The maximum atomic E-state index is 14.1. The average molecular weight is 643 g/mol. The first-order chi connectivity index (χ1) is 21.9. The molecule has 244 valence electrons. The number of hydrogen-bond donors (Lipinski definition) is 1. The van der Waals surface area contributed by atoms with Crippen LogP contribution in [0.25, 0.3) is 0 Å². The number of likely N-dealkylation sites (tertiary alicyclic amines) is 1. The Kier molecular flexibility index (Phi) is 10.7. The van der Waals surface area contributed by atoms with Crippen LogP contribution in [0.1, 0.15) is 65.6 Å². The van der Waals surface area contributed by atoms with Crippen LogP contribution >= 0.6 is 13.5 Å². The van der Waals surface area contributed by atoms with E-state index in [4.69, 9.17) is 4.74 Å². The number of nitrogens with zero attached hydrogens (tertiary/aromatic N) is 3. The fourth-order valence-electron chi connectivity index (χ4n) is 7.42. The van der Waals surface area contributed by atoms with E-state index in [0.717, 1.165) is 48.6 Å². The summed E-state index contributed by atoms with van der Waals surface area (Å²) in [4.78, 5) is 47.7. The van der Waals surface area contributed by atoms with Crippen LogP contribution in [-0.2, 0) is 19.7 Å². The van der Waals surface area contributed by atoms with E-state index < -0.39 is 5.41 Å². The van der Waals surface area contributed by atoms with Gasteiger partial charge in [-0.25, -0.2) is 0 Å². The highest BCUT2D eigenvalue weighted by molar-refractivity contribution is 7.59. The van der Waals surface area contributed by atoms with Crippen LogP contribution in [0.15, 0.2) is 78.9 Å². The molecule has 2 aliphatic heterocycles. The van der Waals surface area contributed by atoms with E-state index in [0.29, 0.717) is 50.9 Å². The molecule has 6 rings (SSSR count). The summed E-state index contributed by atoms with van der Waals surface area (Å²) in [5.74, 6) is -0.542.